The molecule has 0 aliphatic heterocycles. The zero-order valence-electron chi connectivity index (χ0n) is 14.1. The minimum absolute atomic E-state index is 0.0275. The maximum atomic E-state index is 12.4. The van der Waals surface area contributed by atoms with Crippen LogP contribution in [-0.2, 0) is 11.3 Å². The molecule has 0 aliphatic carbocycles. The molecule has 0 bridgehead atoms. The van der Waals surface area contributed by atoms with Gasteiger partial charge in [0.25, 0.3) is 0 Å². The second-order valence-electron chi connectivity index (χ2n) is 5.31. The number of thioether (sulfide) groups is 1. The maximum Gasteiger partial charge on any atom is 0.319 e. The van der Waals surface area contributed by atoms with Crippen LogP contribution in [0.3, 0.4) is 0 Å². The molecule has 0 radical (unpaired) electrons. The molecule has 2 N–H and O–H groups in total. The number of ether oxygens (including phenoxy) is 1. The van der Waals surface area contributed by atoms with Gasteiger partial charge < -0.3 is 15.4 Å². The lowest BCUT2D eigenvalue weighted by Crippen LogP contribution is -2.34. The first-order chi connectivity index (χ1) is 11.7. The molecule has 0 aliphatic rings. The Hall–Kier alpha value is -1.98. The molecule has 2 aromatic rings. The van der Waals surface area contributed by atoms with Crippen molar-refractivity contribution in [1.29, 1.82) is 0 Å². The minimum Gasteiger partial charge on any atom is -0.377 e. The Kier molecular flexibility index (Phi) is 7.65. The lowest BCUT2D eigenvalue weighted by atomic mass is 10.1. The first-order valence-electron chi connectivity index (χ1n) is 8.01. The van der Waals surface area contributed by atoms with Gasteiger partial charge in [-0.1, -0.05) is 48.5 Å². The van der Waals surface area contributed by atoms with Crippen LogP contribution in [0.4, 0.5) is 10.5 Å². The zero-order chi connectivity index (χ0) is 17.2. The number of carbonyl (C=O) groups excluding carboxylic acids is 1. The van der Waals surface area contributed by atoms with Crippen molar-refractivity contribution < 1.29 is 9.53 Å². The summed E-state index contributed by atoms with van der Waals surface area (Å²) in [6.45, 7) is 3.08. The monoisotopic (exact) mass is 344 g/mol. The molecule has 5 heteroatoms. The number of benzene rings is 2. The Labute approximate surface area is 148 Å². The molecule has 2 aromatic carbocycles. The van der Waals surface area contributed by atoms with E-state index in [1.54, 1.807) is 11.8 Å². The van der Waals surface area contributed by atoms with Gasteiger partial charge in [0, 0.05) is 23.6 Å². The Morgan fingerprint density at radius 2 is 1.83 bits per heavy atom. The standard InChI is InChI=1S/C19H24N2O2S/c1-3-23-13-16-11-7-8-12-17(16)20-19(22)21-18(14-24-2)15-9-5-4-6-10-15/h4-12,18H,3,13-14H2,1-2H3,(H2,20,21,22). The largest absolute Gasteiger partial charge is 0.377 e. The fraction of sp³-hybridized carbons (Fsp3) is 0.316. The summed E-state index contributed by atoms with van der Waals surface area (Å²) < 4.78 is 5.46. The van der Waals surface area contributed by atoms with Gasteiger partial charge in [0.2, 0.25) is 0 Å². The van der Waals surface area contributed by atoms with Crippen LogP contribution in [0.2, 0.25) is 0 Å². The third-order valence-corrected chi connectivity index (χ3v) is 4.23. The molecule has 0 aromatic heterocycles. The van der Waals surface area contributed by atoms with Crippen molar-refractivity contribution in [3.05, 3.63) is 65.7 Å². The lowest BCUT2D eigenvalue weighted by molar-refractivity contribution is 0.134. The highest BCUT2D eigenvalue weighted by molar-refractivity contribution is 7.98. The Morgan fingerprint density at radius 3 is 2.54 bits per heavy atom. The van der Waals surface area contributed by atoms with Gasteiger partial charge in [-0.25, -0.2) is 4.79 Å². The van der Waals surface area contributed by atoms with E-state index in [-0.39, 0.29) is 12.1 Å². The summed E-state index contributed by atoms with van der Waals surface area (Å²) in [6, 6.07) is 17.5. The van der Waals surface area contributed by atoms with Crippen LogP contribution in [0.5, 0.6) is 0 Å². The second kappa shape index (κ2) is 10.0. The number of nitrogens with one attached hydrogen (secondary N) is 2. The van der Waals surface area contributed by atoms with Gasteiger partial charge in [-0.3, -0.25) is 0 Å². The van der Waals surface area contributed by atoms with Crippen molar-refractivity contribution in [2.75, 3.05) is 23.9 Å². The molecule has 2 amide bonds. The second-order valence-corrected chi connectivity index (χ2v) is 6.22. The highest BCUT2D eigenvalue weighted by Crippen LogP contribution is 2.19. The van der Waals surface area contributed by atoms with E-state index >= 15 is 0 Å². The number of para-hydroxylation sites is 1. The van der Waals surface area contributed by atoms with Crippen molar-refractivity contribution in [3.63, 3.8) is 0 Å². The van der Waals surface area contributed by atoms with E-state index in [4.69, 9.17) is 4.74 Å². The van der Waals surface area contributed by atoms with Gasteiger partial charge in [0.1, 0.15) is 0 Å². The smallest absolute Gasteiger partial charge is 0.319 e. The van der Waals surface area contributed by atoms with Crippen molar-refractivity contribution in [2.24, 2.45) is 0 Å². The molecule has 24 heavy (non-hydrogen) atoms. The summed E-state index contributed by atoms with van der Waals surface area (Å²) in [7, 11) is 0. The third kappa shape index (κ3) is 5.58. The number of carbonyl (C=O) groups is 1. The van der Waals surface area contributed by atoms with E-state index < -0.39 is 0 Å². The van der Waals surface area contributed by atoms with E-state index in [0.29, 0.717) is 13.2 Å². The van der Waals surface area contributed by atoms with Crippen LogP contribution >= 0.6 is 11.8 Å². The number of hydrogen-bond donors (Lipinski definition) is 2. The van der Waals surface area contributed by atoms with Crippen molar-refractivity contribution in [3.8, 4) is 0 Å². The lowest BCUT2D eigenvalue weighted by Gasteiger charge is -2.19. The van der Waals surface area contributed by atoms with Gasteiger partial charge in [0.05, 0.1) is 12.6 Å². The summed E-state index contributed by atoms with van der Waals surface area (Å²) in [5.41, 5.74) is 2.85. The molecule has 128 valence electrons. The molecule has 1 atom stereocenters. The normalized spacial score (nSPS) is 11.8. The number of amides is 2. The number of urea groups is 1. The van der Waals surface area contributed by atoms with Crippen molar-refractivity contribution >= 4 is 23.5 Å². The first-order valence-corrected chi connectivity index (χ1v) is 9.41. The molecule has 0 fully saturated rings. The average Bonchev–Trinajstić information content (AvgIpc) is 2.61. The van der Waals surface area contributed by atoms with E-state index in [2.05, 4.69) is 10.6 Å². The Bertz CT molecular complexity index is 634. The van der Waals surface area contributed by atoms with Crippen molar-refractivity contribution in [2.45, 2.75) is 19.6 Å². The summed E-state index contributed by atoms with van der Waals surface area (Å²) in [4.78, 5) is 12.4. The number of rotatable bonds is 8. The molecule has 2 rings (SSSR count). The molecule has 0 spiro atoms. The topological polar surface area (TPSA) is 50.4 Å². The quantitative estimate of drug-likeness (QED) is 0.744. The van der Waals surface area contributed by atoms with Gasteiger partial charge >= 0.3 is 6.03 Å². The van der Waals surface area contributed by atoms with E-state index in [1.165, 1.54) is 0 Å². The highest BCUT2D eigenvalue weighted by atomic mass is 32.2. The number of anilines is 1. The van der Waals surface area contributed by atoms with E-state index in [1.807, 2.05) is 67.8 Å². The predicted octanol–water partition coefficient (Wildman–Crippen LogP) is 4.45. The van der Waals surface area contributed by atoms with E-state index in [0.717, 1.165) is 22.6 Å². The predicted molar refractivity (Wildman–Crippen MR) is 101 cm³/mol. The van der Waals surface area contributed by atoms with Crippen LogP contribution in [0.25, 0.3) is 0 Å². The van der Waals surface area contributed by atoms with Gasteiger partial charge in [-0.2, -0.15) is 11.8 Å². The Morgan fingerprint density at radius 1 is 1.12 bits per heavy atom. The molecule has 0 heterocycles. The molecular formula is C19H24N2O2S. The van der Waals surface area contributed by atoms with E-state index in [9.17, 15) is 4.79 Å². The molecule has 4 nitrogen and oxygen atoms in total. The molecule has 0 saturated heterocycles. The van der Waals surface area contributed by atoms with Crippen LogP contribution in [0.15, 0.2) is 54.6 Å². The zero-order valence-corrected chi connectivity index (χ0v) is 14.9. The molecular weight excluding hydrogens is 320 g/mol. The minimum atomic E-state index is -0.207. The van der Waals surface area contributed by atoms with Crippen molar-refractivity contribution in [1.82, 2.24) is 5.32 Å². The first kappa shape index (κ1) is 18.4. The summed E-state index contributed by atoms with van der Waals surface area (Å²) in [6.07, 6.45) is 2.03. The third-order valence-electron chi connectivity index (χ3n) is 3.57. The maximum absolute atomic E-state index is 12.4. The summed E-state index contributed by atoms with van der Waals surface area (Å²) >= 11 is 1.70. The number of hydrogen-bond acceptors (Lipinski definition) is 3. The van der Waals surface area contributed by atoms with Gasteiger partial charge in [-0.15, -0.1) is 0 Å². The Balaban J connectivity index is 2.03. The molecule has 1 unspecified atom stereocenters. The van der Waals surface area contributed by atoms with Crippen LogP contribution < -0.4 is 10.6 Å². The summed E-state index contributed by atoms with van der Waals surface area (Å²) in [5.74, 6) is 0.817. The fourth-order valence-electron chi connectivity index (χ4n) is 2.37. The average molecular weight is 344 g/mol. The molecule has 0 saturated carbocycles. The SMILES string of the molecule is CCOCc1ccccc1NC(=O)NC(CSC)c1ccccc1. The summed E-state index contributed by atoms with van der Waals surface area (Å²) in [5, 5.41) is 5.99. The highest BCUT2D eigenvalue weighted by Gasteiger charge is 2.14. The fourth-order valence-corrected chi connectivity index (χ4v) is 2.98. The van der Waals surface area contributed by atoms with Crippen LogP contribution in [0.1, 0.15) is 24.1 Å². The van der Waals surface area contributed by atoms with Crippen LogP contribution in [-0.4, -0.2) is 24.6 Å². The van der Waals surface area contributed by atoms with Gasteiger partial charge in [0.15, 0.2) is 0 Å². The van der Waals surface area contributed by atoms with Crippen LogP contribution in [0, 0.1) is 0 Å². The van der Waals surface area contributed by atoms with Gasteiger partial charge in [-0.05, 0) is 24.8 Å².